The van der Waals surface area contributed by atoms with Gasteiger partial charge in [0.25, 0.3) is 0 Å². The Morgan fingerprint density at radius 2 is 1.86 bits per heavy atom. The highest BCUT2D eigenvalue weighted by atomic mass is 19.1. The number of carbonyl (C=O) groups is 1. The maximum atomic E-state index is 14.3. The second-order valence-electron chi connectivity index (χ2n) is 7.44. The van der Waals surface area contributed by atoms with E-state index in [2.05, 4.69) is 5.32 Å². The van der Waals surface area contributed by atoms with Gasteiger partial charge in [0.15, 0.2) is 0 Å². The lowest BCUT2D eigenvalue weighted by molar-refractivity contribution is -0.135. The van der Waals surface area contributed by atoms with E-state index in [1.165, 1.54) is 6.07 Å². The zero-order chi connectivity index (χ0) is 20.2. The molecule has 0 spiro atoms. The van der Waals surface area contributed by atoms with Gasteiger partial charge in [-0.3, -0.25) is 4.79 Å². The van der Waals surface area contributed by atoms with Crippen molar-refractivity contribution >= 4 is 11.5 Å². The third-order valence-electron chi connectivity index (χ3n) is 5.59. The number of benzene rings is 2. The predicted molar refractivity (Wildman–Crippen MR) is 107 cm³/mol. The van der Waals surface area contributed by atoms with Crippen LogP contribution in [0.3, 0.4) is 0 Å². The summed E-state index contributed by atoms with van der Waals surface area (Å²) in [4.78, 5) is 14.6. The Balaban J connectivity index is 1.62. The molecule has 0 aromatic heterocycles. The van der Waals surface area contributed by atoms with Crippen LogP contribution in [-0.2, 0) is 9.53 Å². The molecule has 2 atom stereocenters. The van der Waals surface area contributed by atoms with Crippen molar-refractivity contribution in [1.29, 1.82) is 0 Å². The van der Waals surface area contributed by atoms with E-state index in [1.54, 1.807) is 0 Å². The van der Waals surface area contributed by atoms with Crippen LogP contribution >= 0.6 is 0 Å². The van der Waals surface area contributed by atoms with Crippen molar-refractivity contribution in [3.63, 3.8) is 0 Å². The van der Waals surface area contributed by atoms with Gasteiger partial charge in [-0.1, -0.05) is 36.4 Å². The third kappa shape index (κ3) is 4.54. The zero-order valence-corrected chi connectivity index (χ0v) is 16.1. The van der Waals surface area contributed by atoms with Gasteiger partial charge in [-0.15, -0.1) is 0 Å². The van der Waals surface area contributed by atoms with Crippen LogP contribution in [0.1, 0.15) is 23.5 Å². The Morgan fingerprint density at radius 3 is 2.62 bits per heavy atom. The maximum Gasteiger partial charge on any atom is 0.224 e. The first-order valence-electron chi connectivity index (χ1n) is 9.92. The quantitative estimate of drug-likeness (QED) is 0.859. The van der Waals surface area contributed by atoms with Crippen molar-refractivity contribution in [2.75, 3.05) is 32.8 Å². The molecule has 1 saturated heterocycles. The van der Waals surface area contributed by atoms with E-state index in [9.17, 15) is 13.6 Å². The summed E-state index contributed by atoms with van der Waals surface area (Å²) in [5, 5.41) is 3.40. The first kappa shape index (κ1) is 19.7. The highest BCUT2D eigenvalue weighted by Crippen LogP contribution is 2.32. The second kappa shape index (κ2) is 8.84. The van der Waals surface area contributed by atoms with Gasteiger partial charge in [0.2, 0.25) is 5.91 Å². The largest absolute Gasteiger partial charge is 0.378 e. The van der Waals surface area contributed by atoms with Gasteiger partial charge in [0, 0.05) is 43.6 Å². The van der Waals surface area contributed by atoms with Crippen LogP contribution in [0, 0.1) is 11.6 Å². The Bertz CT molecular complexity index is 895. The number of hydrogen-bond acceptors (Lipinski definition) is 3. The first-order valence-corrected chi connectivity index (χ1v) is 9.92. The van der Waals surface area contributed by atoms with Crippen molar-refractivity contribution in [3.8, 4) is 0 Å². The van der Waals surface area contributed by atoms with Gasteiger partial charge in [-0.25, -0.2) is 8.78 Å². The molecule has 2 aromatic rings. The monoisotopic (exact) mass is 398 g/mol. The van der Waals surface area contributed by atoms with Crippen molar-refractivity contribution < 1.29 is 18.3 Å². The minimum atomic E-state index is -0.469. The lowest BCUT2D eigenvalue weighted by Crippen LogP contribution is -2.46. The van der Waals surface area contributed by atoms with Crippen molar-refractivity contribution in [1.82, 2.24) is 10.2 Å². The Kier molecular flexibility index (Phi) is 6.02. The molecule has 2 aliphatic heterocycles. The van der Waals surface area contributed by atoms with E-state index in [4.69, 9.17) is 4.74 Å². The lowest BCUT2D eigenvalue weighted by Gasteiger charge is -2.34. The fourth-order valence-electron chi connectivity index (χ4n) is 4.02. The Hall–Kier alpha value is -2.57. The topological polar surface area (TPSA) is 41.6 Å². The van der Waals surface area contributed by atoms with E-state index < -0.39 is 11.6 Å². The average Bonchev–Trinajstić information content (AvgIpc) is 2.77. The summed E-state index contributed by atoms with van der Waals surface area (Å²) in [5.41, 5.74) is 2.00. The van der Waals surface area contributed by atoms with Gasteiger partial charge >= 0.3 is 0 Å². The zero-order valence-electron chi connectivity index (χ0n) is 16.1. The van der Waals surface area contributed by atoms with Crippen LogP contribution in [0.4, 0.5) is 8.78 Å². The van der Waals surface area contributed by atoms with E-state index in [-0.39, 0.29) is 23.4 Å². The smallest absolute Gasteiger partial charge is 0.224 e. The second-order valence-corrected chi connectivity index (χ2v) is 7.44. The molecule has 2 unspecified atom stereocenters. The molecule has 1 N–H and O–H groups in total. The number of halogens is 2. The fourth-order valence-corrected chi connectivity index (χ4v) is 4.02. The van der Waals surface area contributed by atoms with Gasteiger partial charge in [-0.05, 0) is 29.3 Å². The maximum absolute atomic E-state index is 14.3. The summed E-state index contributed by atoms with van der Waals surface area (Å²) < 4.78 is 33.4. The van der Waals surface area contributed by atoms with Gasteiger partial charge in [-0.2, -0.15) is 0 Å². The average molecular weight is 398 g/mol. The highest BCUT2D eigenvalue weighted by Gasteiger charge is 2.30. The van der Waals surface area contributed by atoms with Crippen LogP contribution in [0.15, 0.2) is 54.6 Å². The summed E-state index contributed by atoms with van der Waals surface area (Å²) in [6.07, 6.45) is 2.32. The molecule has 29 heavy (non-hydrogen) atoms. The molecule has 0 saturated carbocycles. The molecule has 2 aliphatic rings. The van der Waals surface area contributed by atoms with Crippen LogP contribution in [-0.4, -0.2) is 49.7 Å². The number of ether oxygens (including phenoxy) is 1. The Labute approximate surface area is 169 Å². The molecular weight excluding hydrogens is 374 g/mol. The lowest BCUT2D eigenvalue weighted by atomic mass is 9.83. The highest BCUT2D eigenvalue weighted by molar-refractivity contribution is 5.78. The molecule has 1 amide bonds. The van der Waals surface area contributed by atoms with Gasteiger partial charge in [0.1, 0.15) is 11.6 Å². The number of amides is 1. The summed E-state index contributed by atoms with van der Waals surface area (Å²) in [6.45, 7) is 2.72. The van der Waals surface area contributed by atoms with Crippen molar-refractivity contribution in [3.05, 3.63) is 77.4 Å². The third-order valence-corrected chi connectivity index (χ3v) is 5.59. The van der Waals surface area contributed by atoms with Crippen LogP contribution in [0.25, 0.3) is 5.57 Å². The molecule has 4 nitrogen and oxygen atoms in total. The van der Waals surface area contributed by atoms with Gasteiger partial charge < -0.3 is 15.0 Å². The molecule has 2 heterocycles. The van der Waals surface area contributed by atoms with Crippen LogP contribution in [0.5, 0.6) is 0 Å². The van der Waals surface area contributed by atoms with Crippen molar-refractivity contribution in [2.45, 2.75) is 18.4 Å². The van der Waals surface area contributed by atoms with E-state index in [1.807, 2.05) is 41.3 Å². The molecule has 0 aliphatic carbocycles. The summed E-state index contributed by atoms with van der Waals surface area (Å²) >= 11 is 0. The fraction of sp³-hybridized carbons (Fsp3) is 0.348. The Morgan fingerprint density at radius 1 is 1.10 bits per heavy atom. The molecule has 6 heteroatoms. The van der Waals surface area contributed by atoms with E-state index >= 15 is 0 Å². The molecule has 0 bridgehead atoms. The number of morpholine rings is 1. The number of nitrogens with one attached hydrogen (secondary N) is 1. The number of rotatable bonds is 4. The number of carbonyl (C=O) groups excluding carboxylic acids is 1. The normalized spacial score (nSPS) is 22.3. The summed E-state index contributed by atoms with van der Waals surface area (Å²) in [6, 6.07) is 13.2. The van der Waals surface area contributed by atoms with E-state index in [0.29, 0.717) is 44.8 Å². The standard InChI is InChI=1S/C23H24F2N2O2/c24-18-6-7-21(25)19(13-18)17-12-20(16-4-2-1-3-5-16)22(26-15-17)14-23(28)27-8-10-29-11-9-27/h1-7,12-13,20,22,26H,8-11,14-15H2. The molecule has 1 fully saturated rings. The van der Waals surface area contributed by atoms with Gasteiger partial charge in [0.05, 0.1) is 13.2 Å². The number of nitrogens with zero attached hydrogens (tertiary/aromatic N) is 1. The summed E-state index contributed by atoms with van der Waals surface area (Å²) in [7, 11) is 0. The predicted octanol–water partition coefficient (Wildman–Crippen LogP) is 3.35. The molecule has 0 radical (unpaired) electrons. The van der Waals surface area contributed by atoms with Crippen molar-refractivity contribution in [2.24, 2.45) is 0 Å². The number of hydrogen-bond donors (Lipinski definition) is 1. The summed E-state index contributed by atoms with van der Waals surface area (Å²) in [5.74, 6) is -0.953. The van der Waals surface area contributed by atoms with Crippen LogP contribution < -0.4 is 5.32 Å². The minimum absolute atomic E-state index is 0.0838. The first-order chi connectivity index (χ1) is 14.1. The van der Waals surface area contributed by atoms with E-state index in [0.717, 1.165) is 17.7 Å². The molecule has 152 valence electrons. The van der Waals surface area contributed by atoms with Crippen LogP contribution in [0.2, 0.25) is 0 Å². The molecule has 4 rings (SSSR count). The molecular formula is C23H24F2N2O2. The SMILES string of the molecule is O=C(CC1NCC(c2cc(F)ccc2F)=CC1c1ccccc1)N1CCOCC1. The molecule has 2 aromatic carbocycles. The minimum Gasteiger partial charge on any atom is -0.378 e.